The lowest BCUT2D eigenvalue weighted by Gasteiger charge is -2.08. The monoisotopic (exact) mass is 540 g/mol. The number of aromatic nitrogens is 6. The third-order valence-electron chi connectivity index (χ3n) is 5.08. The van der Waals surface area contributed by atoms with Crippen LogP contribution in [-0.4, -0.2) is 46.4 Å². The number of hydrogen-bond donors (Lipinski definition) is 1. The predicted molar refractivity (Wildman–Crippen MR) is 125 cm³/mol. The molecule has 1 N–H and O–H groups in total. The first-order valence-corrected chi connectivity index (χ1v) is 11.2. The van der Waals surface area contributed by atoms with Crippen molar-refractivity contribution in [2.45, 2.75) is 32.2 Å². The predicted octanol–water partition coefficient (Wildman–Crippen LogP) is 4.36. The molecule has 14 heteroatoms. The highest BCUT2D eigenvalue weighted by molar-refractivity contribution is 6.33. The van der Waals surface area contributed by atoms with Crippen molar-refractivity contribution in [2.24, 2.45) is 0 Å². The quantitative estimate of drug-likeness (QED) is 0.355. The fourth-order valence-corrected chi connectivity index (χ4v) is 3.78. The van der Waals surface area contributed by atoms with E-state index < -0.39 is 37.3 Å². The van der Waals surface area contributed by atoms with Crippen LogP contribution in [0, 0.1) is 0 Å². The molecule has 2 aromatic carbocycles. The van der Waals surface area contributed by atoms with E-state index in [4.69, 9.17) is 23.2 Å². The zero-order valence-electron chi connectivity index (χ0n) is 18.3. The summed E-state index contributed by atoms with van der Waals surface area (Å²) in [6, 6.07) is 12.8. The Morgan fingerprint density at radius 2 is 1.69 bits per heavy atom. The van der Waals surface area contributed by atoms with E-state index in [9.17, 15) is 27.9 Å². The van der Waals surface area contributed by atoms with Gasteiger partial charge in [0.1, 0.15) is 18.9 Å². The van der Waals surface area contributed by atoms with Crippen LogP contribution in [0.15, 0.2) is 53.3 Å². The summed E-state index contributed by atoms with van der Waals surface area (Å²) < 4.78 is 41.7. The first kappa shape index (κ1) is 25.5. The number of aliphatic carboxylic acids is 1. The molecule has 4 rings (SSSR count). The van der Waals surface area contributed by atoms with E-state index in [-0.39, 0.29) is 24.0 Å². The van der Waals surface area contributed by atoms with Crippen LogP contribution in [0.25, 0.3) is 22.8 Å². The van der Waals surface area contributed by atoms with Gasteiger partial charge in [-0.25, -0.2) is 19.1 Å². The van der Waals surface area contributed by atoms with Gasteiger partial charge in [0.15, 0.2) is 11.6 Å². The van der Waals surface area contributed by atoms with Gasteiger partial charge in [-0.2, -0.15) is 18.3 Å². The van der Waals surface area contributed by atoms with Crippen LogP contribution in [0.2, 0.25) is 10.0 Å². The molecule has 0 bridgehead atoms. The third kappa shape index (κ3) is 5.77. The molecule has 0 spiro atoms. The molecule has 0 unspecified atom stereocenters. The highest BCUT2D eigenvalue weighted by Crippen LogP contribution is 2.26. The van der Waals surface area contributed by atoms with Gasteiger partial charge in [0, 0.05) is 22.7 Å². The van der Waals surface area contributed by atoms with Gasteiger partial charge in [-0.3, -0.25) is 9.36 Å². The Hall–Kier alpha value is -3.64. The van der Waals surface area contributed by atoms with Crippen LogP contribution in [-0.2, 0) is 24.4 Å². The number of hydrogen-bond acceptors (Lipinski definition) is 5. The standard InChI is InChI=1S/C22H17Cl2F3N6O3/c23-14-7-5-13(6-8-14)20-30-33(21(36)31(20)10-9-22(25,26)27)11-17-28-19(29-32(17)12-18(34)35)15-3-1-2-4-16(15)24/h1-8H,9-12H2,(H,34,35). The van der Waals surface area contributed by atoms with Crippen LogP contribution in [0.3, 0.4) is 0 Å². The highest BCUT2D eigenvalue weighted by Gasteiger charge is 2.29. The molecule has 0 aliphatic rings. The minimum absolute atomic E-state index is 0.00320. The Kier molecular flexibility index (Phi) is 7.18. The second kappa shape index (κ2) is 10.2. The summed E-state index contributed by atoms with van der Waals surface area (Å²) >= 11 is 12.1. The zero-order valence-corrected chi connectivity index (χ0v) is 19.8. The minimum Gasteiger partial charge on any atom is -0.480 e. The van der Waals surface area contributed by atoms with E-state index in [0.29, 0.717) is 21.2 Å². The largest absolute Gasteiger partial charge is 0.480 e. The molecular weight excluding hydrogens is 524 g/mol. The first-order valence-electron chi connectivity index (χ1n) is 10.4. The van der Waals surface area contributed by atoms with Gasteiger partial charge in [-0.15, -0.1) is 5.10 Å². The molecule has 0 atom stereocenters. The van der Waals surface area contributed by atoms with Crippen molar-refractivity contribution >= 4 is 29.2 Å². The summed E-state index contributed by atoms with van der Waals surface area (Å²) in [7, 11) is 0. The number of benzene rings is 2. The Balaban J connectivity index is 1.77. The number of nitrogens with zero attached hydrogens (tertiary/aromatic N) is 6. The molecule has 0 aliphatic heterocycles. The van der Waals surface area contributed by atoms with Crippen molar-refractivity contribution in [2.75, 3.05) is 0 Å². The average molecular weight is 541 g/mol. The SMILES string of the molecule is O=C(O)Cn1nc(-c2ccccc2Cl)nc1Cn1nc(-c2ccc(Cl)cc2)n(CCC(F)(F)F)c1=O. The molecule has 0 radical (unpaired) electrons. The van der Waals surface area contributed by atoms with Crippen molar-refractivity contribution < 1.29 is 23.1 Å². The summed E-state index contributed by atoms with van der Waals surface area (Å²) in [6.07, 6.45) is -5.74. The van der Waals surface area contributed by atoms with Gasteiger partial charge in [-0.1, -0.05) is 35.3 Å². The van der Waals surface area contributed by atoms with Crippen LogP contribution >= 0.6 is 23.2 Å². The van der Waals surface area contributed by atoms with Crippen LogP contribution in [0.5, 0.6) is 0 Å². The van der Waals surface area contributed by atoms with E-state index >= 15 is 0 Å². The van der Waals surface area contributed by atoms with E-state index in [1.807, 2.05) is 0 Å². The second-order valence-corrected chi connectivity index (χ2v) is 8.51. The van der Waals surface area contributed by atoms with E-state index in [0.717, 1.165) is 13.9 Å². The number of carboxylic acids is 1. The molecule has 36 heavy (non-hydrogen) atoms. The smallest absolute Gasteiger partial charge is 0.390 e. The Bertz CT molecular complexity index is 1460. The van der Waals surface area contributed by atoms with Gasteiger partial charge < -0.3 is 5.11 Å². The molecular formula is C22H17Cl2F3N6O3. The van der Waals surface area contributed by atoms with Gasteiger partial charge in [0.2, 0.25) is 0 Å². The maximum absolute atomic E-state index is 13.1. The first-order chi connectivity index (χ1) is 17.0. The van der Waals surface area contributed by atoms with E-state index in [1.165, 1.54) is 24.3 Å². The fourth-order valence-electron chi connectivity index (χ4n) is 3.43. The molecule has 0 fully saturated rings. The Morgan fingerprint density at radius 3 is 2.33 bits per heavy atom. The summed E-state index contributed by atoms with van der Waals surface area (Å²) in [4.78, 5) is 28.8. The Labute approximate surface area is 211 Å². The highest BCUT2D eigenvalue weighted by atomic mass is 35.5. The Morgan fingerprint density at radius 1 is 1.00 bits per heavy atom. The van der Waals surface area contributed by atoms with E-state index in [2.05, 4.69) is 15.2 Å². The molecule has 2 heterocycles. The van der Waals surface area contributed by atoms with Crippen LogP contribution in [0.1, 0.15) is 12.2 Å². The van der Waals surface area contributed by atoms with Crippen molar-refractivity contribution in [3.05, 3.63) is 74.9 Å². The van der Waals surface area contributed by atoms with E-state index in [1.54, 1.807) is 24.3 Å². The fraction of sp³-hybridized carbons (Fsp3) is 0.227. The minimum atomic E-state index is -4.50. The van der Waals surface area contributed by atoms with Gasteiger partial charge in [-0.05, 0) is 36.4 Å². The lowest BCUT2D eigenvalue weighted by molar-refractivity contribution is -0.138. The van der Waals surface area contributed by atoms with Crippen LogP contribution in [0.4, 0.5) is 13.2 Å². The number of halogens is 5. The van der Waals surface area contributed by atoms with Crippen molar-refractivity contribution in [3.8, 4) is 22.8 Å². The summed E-state index contributed by atoms with van der Waals surface area (Å²) in [6.45, 7) is -1.57. The zero-order chi connectivity index (χ0) is 26.0. The molecule has 2 aromatic heterocycles. The average Bonchev–Trinajstić information content (AvgIpc) is 3.33. The van der Waals surface area contributed by atoms with Crippen molar-refractivity contribution in [3.63, 3.8) is 0 Å². The number of alkyl halides is 3. The molecule has 188 valence electrons. The van der Waals surface area contributed by atoms with Crippen LogP contribution < -0.4 is 5.69 Å². The number of carbonyl (C=O) groups is 1. The molecule has 0 amide bonds. The molecule has 0 aliphatic carbocycles. The second-order valence-electron chi connectivity index (χ2n) is 7.67. The molecule has 0 saturated heterocycles. The topological polar surface area (TPSA) is 108 Å². The lowest BCUT2D eigenvalue weighted by atomic mass is 10.2. The summed E-state index contributed by atoms with van der Waals surface area (Å²) in [5.41, 5.74) is -0.0102. The van der Waals surface area contributed by atoms with Gasteiger partial charge >= 0.3 is 17.8 Å². The van der Waals surface area contributed by atoms with Gasteiger partial charge in [0.05, 0.1) is 11.4 Å². The van der Waals surface area contributed by atoms with Crippen molar-refractivity contribution in [1.29, 1.82) is 0 Å². The normalized spacial score (nSPS) is 11.7. The molecule has 9 nitrogen and oxygen atoms in total. The molecule has 4 aromatic rings. The van der Waals surface area contributed by atoms with Crippen molar-refractivity contribution in [1.82, 2.24) is 29.1 Å². The molecule has 0 saturated carbocycles. The summed E-state index contributed by atoms with van der Waals surface area (Å²) in [5.74, 6) is -1.04. The third-order valence-corrected chi connectivity index (χ3v) is 5.66. The number of carboxylic acid groups (broad SMARTS) is 1. The maximum atomic E-state index is 13.1. The maximum Gasteiger partial charge on any atom is 0.390 e. The summed E-state index contributed by atoms with van der Waals surface area (Å²) in [5, 5.41) is 18.4. The lowest BCUT2D eigenvalue weighted by Crippen LogP contribution is -2.28. The number of rotatable bonds is 8. The van der Waals surface area contributed by atoms with Gasteiger partial charge in [0.25, 0.3) is 0 Å².